The molecule has 1 rings (SSSR count). The van der Waals surface area contributed by atoms with Gasteiger partial charge in [0.15, 0.2) is 0 Å². The van der Waals surface area contributed by atoms with E-state index >= 15 is 0 Å². The maximum absolute atomic E-state index is 3.60. The SMILES string of the molecule is CCNC(CSCCN(CC)CC)c1ccc(C)cc1. The summed E-state index contributed by atoms with van der Waals surface area (Å²) in [6.45, 7) is 13.3. The highest BCUT2D eigenvalue weighted by atomic mass is 32.2. The second-order valence-electron chi connectivity index (χ2n) is 5.12. The Labute approximate surface area is 129 Å². The molecule has 0 bridgehead atoms. The largest absolute Gasteiger partial charge is 0.310 e. The third kappa shape index (κ3) is 6.29. The van der Waals surface area contributed by atoms with Crippen LogP contribution in [0.25, 0.3) is 0 Å². The van der Waals surface area contributed by atoms with Crippen molar-refractivity contribution in [1.29, 1.82) is 0 Å². The molecule has 0 saturated heterocycles. The molecule has 0 heterocycles. The molecule has 114 valence electrons. The van der Waals surface area contributed by atoms with Gasteiger partial charge >= 0.3 is 0 Å². The molecular formula is C17H30N2S. The third-order valence-electron chi connectivity index (χ3n) is 3.66. The summed E-state index contributed by atoms with van der Waals surface area (Å²) in [5, 5.41) is 3.60. The number of hydrogen-bond acceptors (Lipinski definition) is 3. The molecule has 1 aromatic carbocycles. The molecule has 0 saturated carbocycles. The average Bonchev–Trinajstić information content (AvgIpc) is 2.47. The van der Waals surface area contributed by atoms with Crippen LogP contribution in [0.15, 0.2) is 24.3 Å². The van der Waals surface area contributed by atoms with Crippen LogP contribution in [0.5, 0.6) is 0 Å². The van der Waals surface area contributed by atoms with Gasteiger partial charge in [-0.15, -0.1) is 0 Å². The van der Waals surface area contributed by atoms with Crippen LogP contribution in [-0.2, 0) is 0 Å². The van der Waals surface area contributed by atoms with Gasteiger partial charge in [-0.1, -0.05) is 50.6 Å². The Balaban J connectivity index is 2.41. The smallest absolute Gasteiger partial charge is 0.0411 e. The van der Waals surface area contributed by atoms with E-state index in [0.717, 1.165) is 25.4 Å². The highest BCUT2D eigenvalue weighted by Gasteiger charge is 2.10. The predicted molar refractivity (Wildman–Crippen MR) is 92.7 cm³/mol. The lowest BCUT2D eigenvalue weighted by Crippen LogP contribution is -2.27. The minimum Gasteiger partial charge on any atom is -0.310 e. The second kappa shape index (κ2) is 10.3. The van der Waals surface area contributed by atoms with Gasteiger partial charge in [0.2, 0.25) is 0 Å². The van der Waals surface area contributed by atoms with E-state index in [9.17, 15) is 0 Å². The Bertz CT molecular complexity index is 347. The van der Waals surface area contributed by atoms with E-state index in [0.29, 0.717) is 6.04 Å². The molecule has 2 nitrogen and oxygen atoms in total. The van der Waals surface area contributed by atoms with Gasteiger partial charge in [-0.25, -0.2) is 0 Å². The highest BCUT2D eigenvalue weighted by Crippen LogP contribution is 2.19. The molecule has 0 aliphatic rings. The molecule has 1 atom stereocenters. The van der Waals surface area contributed by atoms with Crippen molar-refractivity contribution in [2.45, 2.75) is 33.7 Å². The Morgan fingerprint density at radius 2 is 1.75 bits per heavy atom. The lowest BCUT2D eigenvalue weighted by atomic mass is 10.1. The van der Waals surface area contributed by atoms with Gasteiger partial charge in [-0.2, -0.15) is 11.8 Å². The standard InChI is InChI=1S/C17H30N2S/c1-5-18-17(16-10-8-15(4)9-11-16)14-20-13-12-19(6-2)7-3/h8-11,17-18H,5-7,12-14H2,1-4H3. The van der Waals surface area contributed by atoms with Crippen molar-refractivity contribution < 1.29 is 0 Å². The van der Waals surface area contributed by atoms with Crippen LogP contribution in [0, 0.1) is 6.92 Å². The van der Waals surface area contributed by atoms with Crippen molar-refractivity contribution in [3.05, 3.63) is 35.4 Å². The maximum atomic E-state index is 3.60. The maximum Gasteiger partial charge on any atom is 0.0411 e. The van der Waals surface area contributed by atoms with Crippen molar-refractivity contribution in [3.63, 3.8) is 0 Å². The van der Waals surface area contributed by atoms with Gasteiger partial charge in [0.25, 0.3) is 0 Å². The topological polar surface area (TPSA) is 15.3 Å². The molecular weight excluding hydrogens is 264 g/mol. The van der Waals surface area contributed by atoms with Gasteiger partial charge < -0.3 is 10.2 Å². The molecule has 3 heteroatoms. The predicted octanol–water partition coefficient (Wildman–Crippen LogP) is 3.72. The Morgan fingerprint density at radius 3 is 2.30 bits per heavy atom. The summed E-state index contributed by atoms with van der Waals surface area (Å²) in [7, 11) is 0. The molecule has 0 radical (unpaired) electrons. The number of rotatable bonds is 10. The minimum absolute atomic E-state index is 0.474. The molecule has 1 aromatic rings. The Morgan fingerprint density at radius 1 is 1.10 bits per heavy atom. The van der Waals surface area contributed by atoms with E-state index in [-0.39, 0.29) is 0 Å². The second-order valence-corrected chi connectivity index (χ2v) is 6.27. The van der Waals surface area contributed by atoms with Crippen molar-refractivity contribution in [3.8, 4) is 0 Å². The third-order valence-corrected chi connectivity index (χ3v) is 4.70. The first-order valence-corrected chi connectivity index (χ1v) is 8.96. The number of aryl methyl sites for hydroxylation is 1. The average molecular weight is 295 g/mol. The van der Waals surface area contributed by atoms with Gasteiger partial charge in [0.1, 0.15) is 0 Å². The van der Waals surface area contributed by atoms with Crippen LogP contribution in [0.4, 0.5) is 0 Å². The number of nitrogens with zero attached hydrogens (tertiary/aromatic N) is 1. The van der Waals surface area contributed by atoms with E-state index in [2.05, 4.69) is 73.9 Å². The summed E-state index contributed by atoms with van der Waals surface area (Å²) in [5.41, 5.74) is 2.74. The summed E-state index contributed by atoms with van der Waals surface area (Å²) in [6, 6.07) is 9.41. The molecule has 0 spiro atoms. The normalized spacial score (nSPS) is 12.8. The molecule has 0 aliphatic carbocycles. The molecule has 1 N–H and O–H groups in total. The zero-order valence-electron chi connectivity index (χ0n) is 13.5. The van der Waals surface area contributed by atoms with Gasteiger partial charge in [-0.3, -0.25) is 0 Å². The Hall–Kier alpha value is -0.510. The zero-order valence-corrected chi connectivity index (χ0v) is 14.3. The van der Waals surface area contributed by atoms with E-state index in [4.69, 9.17) is 0 Å². The summed E-state index contributed by atoms with van der Waals surface area (Å²) >= 11 is 2.06. The monoisotopic (exact) mass is 294 g/mol. The number of thioether (sulfide) groups is 1. The fraction of sp³-hybridized carbons (Fsp3) is 0.647. The fourth-order valence-electron chi connectivity index (χ4n) is 2.25. The van der Waals surface area contributed by atoms with Gasteiger partial charge in [-0.05, 0) is 32.1 Å². The first-order chi connectivity index (χ1) is 9.71. The summed E-state index contributed by atoms with van der Waals surface area (Å²) < 4.78 is 0. The van der Waals surface area contributed by atoms with Crippen molar-refractivity contribution >= 4 is 11.8 Å². The quantitative estimate of drug-likeness (QED) is 0.662. The van der Waals surface area contributed by atoms with Crippen LogP contribution < -0.4 is 5.32 Å². The number of benzene rings is 1. The van der Waals surface area contributed by atoms with Crippen LogP contribution in [0.3, 0.4) is 0 Å². The molecule has 0 aliphatic heterocycles. The fourth-order valence-corrected chi connectivity index (χ4v) is 3.35. The molecule has 0 amide bonds. The van der Waals surface area contributed by atoms with E-state index in [1.807, 2.05) is 0 Å². The minimum atomic E-state index is 0.474. The molecule has 0 fully saturated rings. The first kappa shape index (κ1) is 17.5. The zero-order chi connectivity index (χ0) is 14.8. The summed E-state index contributed by atoms with van der Waals surface area (Å²) in [6.07, 6.45) is 0. The molecule has 0 aromatic heterocycles. The molecule has 1 unspecified atom stereocenters. The number of hydrogen-bond donors (Lipinski definition) is 1. The van der Waals surface area contributed by atoms with E-state index < -0.39 is 0 Å². The summed E-state index contributed by atoms with van der Waals surface area (Å²) in [5.74, 6) is 2.37. The summed E-state index contributed by atoms with van der Waals surface area (Å²) in [4.78, 5) is 2.49. The van der Waals surface area contributed by atoms with Crippen molar-refractivity contribution in [2.24, 2.45) is 0 Å². The van der Waals surface area contributed by atoms with Gasteiger partial charge in [0.05, 0.1) is 0 Å². The van der Waals surface area contributed by atoms with Crippen LogP contribution in [-0.4, -0.2) is 42.6 Å². The van der Waals surface area contributed by atoms with Crippen molar-refractivity contribution in [1.82, 2.24) is 10.2 Å². The lowest BCUT2D eigenvalue weighted by molar-refractivity contribution is 0.324. The van der Waals surface area contributed by atoms with Crippen LogP contribution in [0.1, 0.15) is 37.9 Å². The Kier molecular flexibility index (Phi) is 8.99. The van der Waals surface area contributed by atoms with Gasteiger partial charge in [0, 0.05) is 24.1 Å². The van der Waals surface area contributed by atoms with Crippen LogP contribution in [0.2, 0.25) is 0 Å². The molecule has 20 heavy (non-hydrogen) atoms. The lowest BCUT2D eigenvalue weighted by Gasteiger charge is -2.20. The number of nitrogens with one attached hydrogen (secondary N) is 1. The first-order valence-electron chi connectivity index (χ1n) is 7.81. The van der Waals surface area contributed by atoms with E-state index in [1.54, 1.807) is 0 Å². The van der Waals surface area contributed by atoms with Crippen LogP contribution >= 0.6 is 11.8 Å². The van der Waals surface area contributed by atoms with Crippen molar-refractivity contribution in [2.75, 3.05) is 37.7 Å². The highest BCUT2D eigenvalue weighted by molar-refractivity contribution is 7.99. The van der Waals surface area contributed by atoms with E-state index in [1.165, 1.54) is 23.4 Å².